The molecule has 0 aliphatic rings. The Hall–Kier alpha value is -1.36. The number of carboxylic acid groups (broad SMARTS) is 1. The molecule has 0 radical (unpaired) electrons. The SMILES string of the molecule is C/C(=N\O)c1ccc(C(=O)O)cc1Br. The average molecular weight is 258 g/mol. The molecule has 14 heavy (non-hydrogen) atoms. The van der Waals surface area contributed by atoms with Gasteiger partial charge < -0.3 is 10.3 Å². The second-order valence-corrected chi connectivity index (χ2v) is 3.54. The zero-order valence-corrected chi connectivity index (χ0v) is 8.95. The van der Waals surface area contributed by atoms with Gasteiger partial charge >= 0.3 is 5.97 Å². The number of hydrogen-bond donors (Lipinski definition) is 2. The first kappa shape index (κ1) is 10.7. The molecule has 0 unspecified atom stereocenters. The summed E-state index contributed by atoms with van der Waals surface area (Å²) in [6.45, 7) is 1.63. The molecule has 5 heteroatoms. The van der Waals surface area contributed by atoms with Gasteiger partial charge in [0.25, 0.3) is 0 Å². The Balaban J connectivity index is 3.20. The van der Waals surface area contributed by atoms with Gasteiger partial charge in [-0.05, 0) is 19.1 Å². The Morgan fingerprint density at radius 3 is 2.57 bits per heavy atom. The summed E-state index contributed by atoms with van der Waals surface area (Å²) >= 11 is 3.20. The standard InChI is InChI=1S/C9H8BrNO3/c1-5(11-14)7-3-2-6(9(12)13)4-8(7)10/h2-4,14H,1H3,(H,12,13)/b11-5+. The predicted molar refractivity (Wildman–Crippen MR) is 55.1 cm³/mol. The first-order valence-corrected chi connectivity index (χ1v) is 4.57. The lowest BCUT2D eigenvalue weighted by Gasteiger charge is -2.03. The highest BCUT2D eigenvalue weighted by Gasteiger charge is 2.08. The summed E-state index contributed by atoms with van der Waals surface area (Å²) in [6.07, 6.45) is 0. The Morgan fingerprint density at radius 1 is 1.50 bits per heavy atom. The molecule has 4 nitrogen and oxygen atoms in total. The van der Waals surface area contributed by atoms with Crippen LogP contribution in [0.25, 0.3) is 0 Å². The first-order chi connectivity index (χ1) is 6.56. The van der Waals surface area contributed by atoms with E-state index in [1.54, 1.807) is 13.0 Å². The van der Waals surface area contributed by atoms with Gasteiger partial charge in [-0.2, -0.15) is 0 Å². The smallest absolute Gasteiger partial charge is 0.335 e. The van der Waals surface area contributed by atoms with Crippen molar-refractivity contribution >= 4 is 27.6 Å². The molecular weight excluding hydrogens is 250 g/mol. The highest BCUT2D eigenvalue weighted by molar-refractivity contribution is 9.10. The summed E-state index contributed by atoms with van der Waals surface area (Å²) in [5, 5.41) is 20.3. The van der Waals surface area contributed by atoms with Crippen molar-refractivity contribution < 1.29 is 15.1 Å². The molecule has 1 rings (SSSR count). The molecular formula is C9H8BrNO3. The van der Waals surface area contributed by atoms with E-state index in [0.29, 0.717) is 15.7 Å². The first-order valence-electron chi connectivity index (χ1n) is 3.78. The van der Waals surface area contributed by atoms with Crippen LogP contribution in [-0.2, 0) is 0 Å². The second kappa shape index (κ2) is 4.23. The van der Waals surface area contributed by atoms with Crippen molar-refractivity contribution in [2.45, 2.75) is 6.92 Å². The van der Waals surface area contributed by atoms with Crippen LogP contribution in [0.15, 0.2) is 27.8 Å². The third-order valence-electron chi connectivity index (χ3n) is 1.76. The maximum Gasteiger partial charge on any atom is 0.335 e. The van der Waals surface area contributed by atoms with Crippen molar-refractivity contribution in [2.24, 2.45) is 5.16 Å². The molecule has 0 saturated heterocycles. The molecule has 0 aliphatic carbocycles. The molecule has 2 N–H and O–H groups in total. The molecule has 0 fully saturated rings. The van der Waals surface area contributed by atoms with Crippen LogP contribution in [0.2, 0.25) is 0 Å². The fourth-order valence-electron chi connectivity index (χ4n) is 0.995. The predicted octanol–water partition coefficient (Wildman–Crippen LogP) is 2.35. The van der Waals surface area contributed by atoms with Crippen molar-refractivity contribution in [1.82, 2.24) is 0 Å². The third-order valence-corrected chi connectivity index (χ3v) is 2.41. The van der Waals surface area contributed by atoms with E-state index >= 15 is 0 Å². The molecule has 1 aromatic carbocycles. The highest BCUT2D eigenvalue weighted by atomic mass is 79.9. The number of carbonyl (C=O) groups is 1. The summed E-state index contributed by atoms with van der Waals surface area (Å²) in [6, 6.07) is 4.51. The van der Waals surface area contributed by atoms with Gasteiger partial charge in [0.1, 0.15) is 0 Å². The van der Waals surface area contributed by atoms with E-state index in [4.69, 9.17) is 10.3 Å². The average Bonchev–Trinajstić information content (AvgIpc) is 2.16. The zero-order valence-electron chi connectivity index (χ0n) is 7.36. The number of benzene rings is 1. The minimum Gasteiger partial charge on any atom is -0.478 e. The van der Waals surface area contributed by atoms with Crippen LogP contribution in [-0.4, -0.2) is 22.0 Å². The van der Waals surface area contributed by atoms with Crippen LogP contribution in [0.3, 0.4) is 0 Å². The van der Waals surface area contributed by atoms with Crippen molar-refractivity contribution in [2.75, 3.05) is 0 Å². The van der Waals surface area contributed by atoms with E-state index in [9.17, 15) is 4.79 Å². The van der Waals surface area contributed by atoms with Crippen LogP contribution in [0.5, 0.6) is 0 Å². The van der Waals surface area contributed by atoms with Crippen LogP contribution < -0.4 is 0 Å². The lowest BCUT2D eigenvalue weighted by atomic mass is 10.1. The monoisotopic (exact) mass is 257 g/mol. The minimum atomic E-state index is -0.990. The van der Waals surface area contributed by atoms with E-state index in [1.165, 1.54) is 12.1 Å². The Morgan fingerprint density at radius 2 is 2.14 bits per heavy atom. The van der Waals surface area contributed by atoms with Gasteiger partial charge in [-0.15, -0.1) is 0 Å². The highest BCUT2D eigenvalue weighted by Crippen LogP contribution is 2.19. The van der Waals surface area contributed by atoms with E-state index in [-0.39, 0.29) is 5.56 Å². The Kier molecular flexibility index (Phi) is 3.24. The van der Waals surface area contributed by atoms with Gasteiger partial charge in [0.2, 0.25) is 0 Å². The van der Waals surface area contributed by atoms with Crippen molar-refractivity contribution in [1.29, 1.82) is 0 Å². The number of aromatic carboxylic acids is 1. The minimum absolute atomic E-state index is 0.186. The van der Waals surface area contributed by atoms with Gasteiger partial charge in [-0.25, -0.2) is 4.79 Å². The molecule has 0 aliphatic heterocycles. The number of nitrogens with zero attached hydrogens (tertiary/aromatic N) is 1. The topological polar surface area (TPSA) is 69.9 Å². The van der Waals surface area contributed by atoms with Crippen LogP contribution in [0.1, 0.15) is 22.8 Å². The number of halogens is 1. The molecule has 1 aromatic rings. The van der Waals surface area contributed by atoms with Gasteiger partial charge in [0.05, 0.1) is 11.3 Å². The lowest BCUT2D eigenvalue weighted by Crippen LogP contribution is -2.00. The van der Waals surface area contributed by atoms with Crippen LogP contribution in [0.4, 0.5) is 0 Å². The van der Waals surface area contributed by atoms with E-state index in [0.717, 1.165) is 0 Å². The Bertz CT molecular complexity index is 401. The lowest BCUT2D eigenvalue weighted by molar-refractivity contribution is 0.0697. The van der Waals surface area contributed by atoms with Gasteiger partial charge in [0, 0.05) is 10.0 Å². The number of rotatable bonds is 2. The van der Waals surface area contributed by atoms with Gasteiger partial charge in [0.15, 0.2) is 0 Å². The third kappa shape index (κ3) is 2.11. The zero-order chi connectivity index (χ0) is 10.7. The molecule has 0 spiro atoms. The van der Waals surface area contributed by atoms with E-state index in [2.05, 4.69) is 21.1 Å². The van der Waals surface area contributed by atoms with Crippen molar-refractivity contribution in [3.63, 3.8) is 0 Å². The number of hydrogen-bond acceptors (Lipinski definition) is 3. The Labute approximate surface area is 89.0 Å². The molecule has 0 amide bonds. The summed E-state index contributed by atoms with van der Waals surface area (Å²) in [7, 11) is 0. The van der Waals surface area contributed by atoms with Gasteiger partial charge in [-0.1, -0.05) is 27.2 Å². The largest absolute Gasteiger partial charge is 0.478 e. The van der Waals surface area contributed by atoms with Crippen molar-refractivity contribution in [3.8, 4) is 0 Å². The van der Waals surface area contributed by atoms with E-state index in [1.807, 2.05) is 0 Å². The van der Waals surface area contributed by atoms with E-state index < -0.39 is 5.97 Å². The number of carboxylic acids is 1. The second-order valence-electron chi connectivity index (χ2n) is 2.69. The molecule has 0 bridgehead atoms. The molecule has 0 saturated carbocycles. The number of oxime groups is 1. The molecule has 0 aromatic heterocycles. The summed E-state index contributed by atoms with van der Waals surface area (Å²) in [5.41, 5.74) is 1.28. The maximum atomic E-state index is 10.6. The summed E-state index contributed by atoms with van der Waals surface area (Å²) in [5.74, 6) is -0.990. The van der Waals surface area contributed by atoms with Gasteiger partial charge in [-0.3, -0.25) is 0 Å². The van der Waals surface area contributed by atoms with Crippen LogP contribution >= 0.6 is 15.9 Å². The summed E-state index contributed by atoms with van der Waals surface area (Å²) in [4.78, 5) is 10.6. The van der Waals surface area contributed by atoms with Crippen LogP contribution in [0, 0.1) is 0 Å². The molecule has 0 heterocycles. The normalized spacial score (nSPS) is 11.4. The molecule has 0 atom stereocenters. The quantitative estimate of drug-likeness (QED) is 0.486. The van der Waals surface area contributed by atoms with Crippen molar-refractivity contribution in [3.05, 3.63) is 33.8 Å². The fraction of sp³-hybridized carbons (Fsp3) is 0.111. The fourth-order valence-corrected chi connectivity index (χ4v) is 1.66. The molecule has 74 valence electrons. The summed E-state index contributed by atoms with van der Waals surface area (Å²) < 4.78 is 0.590. The maximum absolute atomic E-state index is 10.6.